The van der Waals surface area contributed by atoms with Gasteiger partial charge < -0.3 is 9.55 Å². The number of hydrogen-bond acceptors (Lipinski definition) is 0. The van der Waals surface area contributed by atoms with Crippen molar-refractivity contribution in [2.45, 2.75) is 12.5 Å². The maximum absolute atomic E-state index is 3.58. The topological polar surface area (TPSA) is 20.7 Å². The highest BCUT2D eigenvalue weighted by Gasteiger charge is 2.17. The second-order valence-corrected chi connectivity index (χ2v) is 8.67. The van der Waals surface area contributed by atoms with E-state index >= 15 is 0 Å². The van der Waals surface area contributed by atoms with Crippen molar-refractivity contribution in [3.8, 4) is 11.1 Å². The van der Waals surface area contributed by atoms with Crippen LogP contribution in [0.4, 0.5) is 0 Å². The molecule has 0 saturated carbocycles. The average Bonchev–Trinajstić information content (AvgIpc) is 3.39. The number of hydrogen-bond donors (Lipinski definition) is 1. The van der Waals surface area contributed by atoms with Crippen LogP contribution in [-0.2, 0) is 0 Å². The fourth-order valence-corrected chi connectivity index (χ4v) is 5.33. The molecular formula is C30H22N2. The number of H-pyrrole nitrogens is 1. The number of nitrogens with one attached hydrogen (secondary N) is 1. The Balaban J connectivity index is 1.44. The molecule has 32 heavy (non-hydrogen) atoms. The van der Waals surface area contributed by atoms with Gasteiger partial charge in [-0.3, -0.25) is 0 Å². The first-order valence-electron chi connectivity index (χ1n) is 11.2. The monoisotopic (exact) mass is 410 g/mol. The third-order valence-corrected chi connectivity index (χ3v) is 6.84. The summed E-state index contributed by atoms with van der Waals surface area (Å²) in [4.78, 5) is 3.58. The molecule has 0 fully saturated rings. The van der Waals surface area contributed by atoms with Gasteiger partial charge in [-0.25, -0.2) is 0 Å². The summed E-state index contributed by atoms with van der Waals surface area (Å²) in [7, 11) is 0. The van der Waals surface area contributed by atoms with Crippen LogP contribution in [-0.4, -0.2) is 9.55 Å². The van der Waals surface area contributed by atoms with Gasteiger partial charge in [0.1, 0.15) is 0 Å². The Kier molecular flexibility index (Phi) is 3.71. The second kappa shape index (κ2) is 6.73. The molecule has 1 aliphatic carbocycles. The van der Waals surface area contributed by atoms with Crippen LogP contribution in [0, 0.1) is 0 Å². The lowest BCUT2D eigenvalue weighted by Gasteiger charge is -2.18. The van der Waals surface area contributed by atoms with Crippen LogP contribution in [0.5, 0.6) is 0 Å². The third kappa shape index (κ3) is 2.53. The Hall–Kier alpha value is -4.04. The smallest absolute Gasteiger partial charge is 0.0560 e. The number of nitrogens with zero attached hydrogens (tertiary/aromatic N) is 1. The van der Waals surface area contributed by atoms with E-state index in [0.29, 0.717) is 6.04 Å². The van der Waals surface area contributed by atoms with Crippen LogP contribution in [0.3, 0.4) is 0 Å². The molecular weight excluding hydrogens is 388 g/mol. The number of aromatic amines is 1. The van der Waals surface area contributed by atoms with Gasteiger partial charge in [0, 0.05) is 43.6 Å². The van der Waals surface area contributed by atoms with Crippen molar-refractivity contribution >= 4 is 43.6 Å². The summed E-state index contributed by atoms with van der Waals surface area (Å²) in [6, 6.07) is 31.4. The molecule has 2 heteroatoms. The predicted octanol–water partition coefficient (Wildman–Crippen LogP) is 8.15. The van der Waals surface area contributed by atoms with E-state index in [1.54, 1.807) is 0 Å². The first-order valence-corrected chi connectivity index (χ1v) is 11.2. The van der Waals surface area contributed by atoms with Crippen molar-refractivity contribution in [2.75, 3.05) is 0 Å². The molecule has 1 unspecified atom stereocenters. The van der Waals surface area contributed by atoms with E-state index in [1.165, 1.54) is 54.7 Å². The molecule has 1 atom stereocenters. The molecule has 0 radical (unpaired) electrons. The fraction of sp³-hybridized carbons (Fsp3) is 0.0667. The summed E-state index contributed by atoms with van der Waals surface area (Å²) >= 11 is 0. The van der Waals surface area contributed by atoms with Crippen molar-refractivity contribution < 1.29 is 0 Å². The summed E-state index contributed by atoms with van der Waals surface area (Å²) in [5.74, 6) is 0. The van der Waals surface area contributed by atoms with E-state index in [1.807, 2.05) is 0 Å². The summed E-state index contributed by atoms with van der Waals surface area (Å²) in [5.41, 5.74) is 7.46. The van der Waals surface area contributed by atoms with Gasteiger partial charge in [0.25, 0.3) is 0 Å². The summed E-state index contributed by atoms with van der Waals surface area (Å²) in [6.45, 7) is 0. The van der Waals surface area contributed by atoms with Gasteiger partial charge in [-0.2, -0.15) is 0 Å². The normalized spacial score (nSPS) is 16.1. The van der Waals surface area contributed by atoms with E-state index in [-0.39, 0.29) is 0 Å². The summed E-state index contributed by atoms with van der Waals surface area (Å²) in [6.07, 6.45) is 9.91. The van der Waals surface area contributed by atoms with Gasteiger partial charge in [0.2, 0.25) is 0 Å². The van der Waals surface area contributed by atoms with Crippen molar-refractivity contribution in [1.82, 2.24) is 9.55 Å². The number of allylic oxidation sites excluding steroid dienone is 4. The molecule has 2 nitrogen and oxygen atoms in total. The third-order valence-electron chi connectivity index (χ3n) is 6.84. The maximum Gasteiger partial charge on any atom is 0.0560 e. The standard InChI is InChI=1S/C30H22N2/c1-2-8-22(9-3-1)32-29-13-7-5-11-25(29)26-18-20(15-17-30(26)32)21-14-16-24-23-10-4-6-12-27(23)31-28(24)19-21/h1-8,10-19,22,31H,9H2. The largest absolute Gasteiger partial charge is 0.354 e. The summed E-state index contributed by atoms with van der Waals surface area (Å²) < 4.78 is 2.50. The first kappa shape index (κ1) is 17.6. The minimum absolute atomic E-state index is 0.357. The molecule has 7 rings (SSSR count). The Morgan fingerprint density at radius 1 is 0.625 bits per heavy atom. The molecule has 1 N–H and O–H groups in total. The van der Waals surface area contributed by atoms with Gasteiger partial charge in [-0.05, 0) is 47.9 Å². The quantitative estimate of drug-likeness (QED) is 0.297. The molecule has 0 bridgehead atoms. The molecule has 0 amide bonds. The lowest BCUT2D eigenvalue weighted by molar-refractivity contribution is 0.648. The van der Waals surface area contributed by atoms with E-state index in [4.69, 9.17) is 0 Å². The number of rotatable bonds is 2. The van der Waals surface area contributed by atoms with Gasteiger partial charge in [0.05, 0.1) is 6.04 Å². The van der Waals surface area contributed by atoms with Gasteiger partial charge in [0.15, 0.2) is 0 Å². The first-order chi connectivity index (χ1) is 15.9. The van der Waals surface area contributed by atoms with Crippen LogP contribution < -0.4 is 0 Å². The highest BCUT2D eigenvalue weighted by molar-refractivity contribution is 6.11. The van der Waals surface area contributed by atoms with Crippen LogP contribution >= 0.6 is 0 Å². The van der Waals surface area contributed by atoms with E-state index in [9.17, 15) is 0 Å². The van der Waals surface area contributed by atoms with Gasteiger partial charge >= 0.3 is 0 Å². The predicted molar refractivity (Wildman–Crippen MR) is 136 cm³/mol. The van der Waals surface area contributed by atoms with Crippen LogP contribution in [0.15, 0.2) is 109 Å². The van der Waals surface area contributed by atoms with Gasteiger partial charge in [-0.15, -0.1) is 0 Å². The van der Waals surface area contributed by atoms with Crippen LogP contribution in [0.25, 0.3) is 54.7 Å². The van der Waals surface area contributed by atoms with E-state index < -0.39 is 0 Å². The average molecular weight is 411 g/mol. The molecule has 2 aromatic heterocycles. The minimum Gasteiger partial charge on any atom is -0.354 e. The minimum atomic E-state index is 0.357. The number of benzene rings is 4. The highest BCUT2D eigenvalue weighted by Crippen LogP contribution is 2.37. The molecule has 152 valence electrons. The zero-order valence-electron chi connectivity index (χ0n) is 17.6. The van der Waals surface area contributed by atoms with Crippen molar-refractivity contribution in [1.29, 1.82) is 0 Å². The maximum atomic E-state index is 3.58. The SMILES string of the molecule is C1=CCC(n2c3ccccc3c3cc(-c4ccc5c(c4)[nH]c4ccccc45)ccc32)C=C1. The van der Waals surface area contributed by atoms with Crippen molar-refractivity contribution in [3.63, 3.8) is 0 Å². The second-order valence-electron chi connectivity index (χ2n) is 8.67. The highest BCUT2D eigenvalue weighted by atomic mass is 15.0. The lowest BCUT2D eigenvalue weighted by Crippen LogP contribution is -2.06. The van der Waals surface area contributed by atoms with Crippen molar-refractivity contribution in [2.24, 2.45) is 0 Å². The Morgan fingerprint density at radius 3 is 2.28 bits per heavy atom. The van der Waals surface area contributed by atoms with Gasteiger partial charge in [-0.1, -0.05) is 78.9 Å². The number of aromatic nitrogens is 2. The Bertz CT molecular complexity index is 1710. The molecule has 2 heterocycles. The molecule has 0 saturated heterocycles. The van der Waals surface area contributed by atoms with Crippen LogP contribution in [0.1, 0.15) is 12.5 Å². The molecule has 0 aliphatic heterocycles. The zero-order chi connectivity index (χ0) is 21.1. The van der Waals surface area contributed by atoms with Crippen molar-refractivity contribution in [3.05, 3.63) is 109 Å². The molecule has 0 spiro atoms. The Labute approximate surface area is 186 Å². The fourth-order valence-electron chi connectivity index (χ4n) is 5.33. The Morgan fingerprint density at radius 2 is 1.38 bits per heavy atom. The van der Waals surface area contributed by atoms with E-state index in [0.717, 1.165) is 6.42 Å². The lowest BCUT2D eigenvalue weighted by atomic mass is 10.0. The molecule has 1 aliphatic rings. The number of fused-ring (bicyclic) bond motifs is 6. The molecule has 6 aromatic rings. The zero-order valence-corrected chi connectivity index (χ0v) is 17.6. The summed E-state index contributed by atoms with van der Waals surface area (Å²) in [5, 5.41) is 5.19. The number of para-hydroxylation sites is 2. The van der Waals surface area contributed by atoms with E-state index in [2.05, 4.69) is 119 Å². The van der Waals surface area contributed by atoms with Crippen LogP contribution in [0.2, 0.25) is 0 Å². The molecule has 4 aromatic carbocycles.